The van der Waals surface area contributed by atoms with Crippen LogP contribution in [-0.2, 0) is 29.0 Å². The summed E-state index contributed by atoms with van der Waals surface area (Å²) in [6.45, 7) is 0.966. The molecule has 0 atom stereocenters. The van der Waals surface area contributed by atoms with Crippen LogP contribution < -0.4 is 4.90 Å². The van der Waals surface area contributed by atoms with Crippen molar-refractivity contribution in [2.75, 3.05) is 31.1 Å². The number of hydrogen-bond donors (Lipinski definition) is 0. The van der Waals surface area contributed by atoms with Gasteiger partial charge in [-0.1, -0.05) is 11.6 Å². The Bertz CT molecular complexity index is 1040. The Hall–Kier alpha value is -1.91. The van der Waals surface area contributed by atoms with E-state index >= 15 is 0 Å². The lowest BCUT2D eigenvalue weighted by atomic mass is 10.2. The molecule has 0 saturated carbocycles. The summed E-state index contributed by atoms with van der Waals surface area (Å²) >= 11 is 5.93. The Labute approximate surface area is 171 Å². The molecule has 1 aromatic carbocycles. The number of fused-ring (bicyclic) bond motifs is 1. The largest absolute Gasteiger partial charge is 0.416 e. The standard InChI is InChI=1S/C18H18ClF3N4O2S/c19-14-5-4-13(18(20,21)22)11-16(14)29(27,28)26-8-6-25(7-9-26)17-10-12-2-1-3-15(12)23-24-17/h4-5,10-11H,1-3,6-9H2. The first-order valence-electron chi connectivity index (χ1n) is 9.13. The topological polar surface area (TPSA) is 66.4 Å². The molecule has 0 unspecified atom stereocenters. The Morgan fingerprint density at radius 3 is 2.41 bits per heavy atom. The van der Waals surface area contributed by atoms with Gasteiger partial charge < -0.3 is 4.90 Å². The summed E-state index contributed by atoms with van der Waals surface area (Å²) in [5, 5.41) is 8.25. The molecule has 1 aromatic heterocycles. The lowest BCUT2D eigenvalue weighted by molar-refractivity contribution is -0.137. The predicted molar refractivity (Wildman–Crippen MR) is 101 cm³/mol. The summed E-state index contributed by atoms with van der Waals surface area (Å²) in [5.74, 6) is 0.694. The van der Waals surface area contributed by atoms with Crippen LogP contribution in [0.2, 0.25) is 5.02 Å². The highest BCUT2D eigenvalue weighted by atomic mass is 35.5. The van der Waals surface area contributed by atoms with E-state index < -0.39 is 26.7 Å². The van der Waals surface area contributed by atoms with Crippen molar-refractivity contribution in [3.05, 3.63) is 46.1 Å². The zero-order chi connectivity index (χ0) is 20.8. The van der Waals surface area contributed by atoms with E-state index in [0.717, 1.165) is 41.4 Å². The number of anilines is 1. The summed E-state index contributed by atoms with van der Waals surface area (Å²) in [6.07, 6.45) is -1.72. The van der Waals surface area contributed by atoms with Crippen LogP contribution >= 0.6 is 11.6 Å². The monoisotopic (exact) mass is 446 g/mol. The number of aromatic nitrogens is 2. The SMILES string of the molecule is O=S(=O)(c1cc(C(F)(F)F)ccc1Cl)N1CCN(c2cc3c(nn2)CCC3)CC1. The molecule has 0 spiro atoms. The summed E-state index contributed by atoms with van der Waals surface area (Å²) < 4.78 is 66.0. The van der Waals surface area contributed by atoms with Crippen molar-refractivity contribution in [3.8, 4) is 0 Å². The van der Waals surface area contributed by atoms with Crippen LogP contribution in [0.1, 0.15) is 23.2 Å². The quantitative estimate of drug-likeness (QED) is 0.724. The van der Waals surface area contributed by atoms with Gasteiger partial charge in [-0.15, -0.1) is 5.10 Å². The summed E-state index contributed by atoms with van der Waals surface area (Å²) in [6, 6.07) is 4.32. The summed E-state index contributed by atoms with van der Waals surface area (Å²) in [4.78, 5) is 1.41. The fourth-order valence-corrected chi connectivity index (χ4v) is 5.57. The van der Waals surface area contributed by atoms with E-state index in [4.69, 9.17) is 11.6 Å². The van der Waals surface area contributed by atoms with Gasteiger partial charge in [0.1, 0.15) is 4.90 Å². The molecule has 0 bridgehead atoms. The van der Waals surface area contributed by atoms with E-state index in [0.29, 0.717) is 25.0 Å². The number of benzene rings is 1. The minimum absolute atomic E-state index is 0.119. The van der Waals surface area contributed by atoms with Gasteiger partial charge in [0, 0.05) is 26.2 Å². The molecule has 0 amide bonds. The summed E-state index contributed by atoms with van der Waals surface area (Å²) in [5.41, 5.74) is 1.13. The fourth-order valence-electron chi connectivity index (χ4n) is 3.65. The third-order valence-electron chi connectivity index (χ3n) is 5.25. The van der Waals surface area contributed by atoms with Gasteiger partial charge in [-0.3, -0.25) is 0 Å². The number of halogens is 4. The maximum Gasteiger partial charge on any atom is 0.416 e. The molecule has 6 nitrogen and oxygen atoms in total. The number of rotatable bonds is 3. The Balaban J connectivity index is 1.52. The third-order valence-corrected chi connectivity index (χ3v) is 7.63. The highest BCUT2D eigenvalue weighted by Gasteiger charge is 2.35. The van der Waals surface area contributed by atoms with Gasteiger partial charge in [0.2, 0.25) is 10.0 Å². The molecule has 2 aliphatic rings. The van der Waals surface area contributed by atoms with E-state index in [-0.39, 0.29) is 18.1 Å². The maximum absolute atomic E-state index is 13.0. The van der Waals surface area contributed by atoms with E-state index in [1.54, 1.807) is 0 Å². The van der Waals surface area contributed by atoms with E-state index in [1.165, 1.54) is 5.56 Å². The van der Waals surface area contributed by atoms with Crippen molar-refractivity contribution in [1.29, 1.82) is 0 Å². The van der Waals surface area contributed by atoms with Crippen molar-refractivity contribution in [2.45, 2.75) is 30.3 Å². The van der Waals surface area contributed by atoms with Gasteiger partial charge in [0.25, 0.3) is 0 Å². The first kappa shape index (κ1) is 20.4. The van der Waals surface area contributed by atoms with Crippen LogP contribution in [0.4, 0.5) is 19.0 Å². The molecule has 0 radical (unpaired) electrons. The Morgan fingerprint density at radius 2 is 1.72 bits per heavy atom. The predicted octanol–water partition coefficient (Wildman–Crippen LogP) is 3.15. The number of nitrogens with zero attached hydrogens (tertiary/aromatic N) is 4. The van der Waals surface area contributed by atoms with Gasteiger partial charge >= 0.3 is 6.18 Å². The fraction of sp³-hybridized carbons (Fsp3) is 0.444. The van der Waals surface area contributed by atoms with E-state index in [2.05, 4.69) is 10.2 Å². The second kappa shape index (κ2) is 7.41. The van der Waals surface area contributed by atoms with Gasteiger partial charge in [0.15, 0.2) is 5.82 Å². The maximum atomic E-state index is 13.0. The average Bonchev–Trinajstić information content (AvgIpc) is 3.15. The number of alkyl halides is 3. The molecule has 1 saturated heterocycles. The molecule has 1 fully saturated rings. The molecule has 0 N–H and O–H groups in total. The van der Waals surface area contributed by atoms with Crippen molar-refractivity contribution in [1.82, 2.24) is 14.5 Å². The molecule has 2 aromatic rings. The third kappa shape index (κ3) is 3.93. The second-order valence-electron chi connectivity index (χ2n) is 7.06. The minimum Gasteiger partial charge on any atom is -0.352 e. The van der Waals surface area contributed by atoms with Crippen LogP contribution in [-0.4, -0.2) is 49.1 Å². The smallest absolute Gasteiger partial charge is 0.352 e. The molecular weight excluding hydrogens is 429 g/mol. The lowest BCUT2D eigenvalue weighted by Gasteiger charge is -2.34. The molecular formula is C18H18ClF3N4O2S. The van der Waals surface area contributed by atoms with Gasteiger partial charge in [-0.2, -0.15) is 22.6 Å². The molecule has 1 aliphatic heterocycles. The van der Waals surface area contributed by atoms with Gasteiger partial charge in [0.05, 0.1) is 16.3 Å². The minimum atomic E-state index is -4.65. The Morgan fingerprint density at radius 1 is 1.00 bits per heavy atom. The van der Waals surface area contributed by atoms with Crippen LogP contribution in [0, 0.1) is 0 Å². The molecule has 1 aliphatic carbocycles. The molecule has 29 heavy (non-hydrogen) atoms. The van der Waals surface area contributed by atoms with E-state index in [9.17, 15) is 21.6 Å². The highest BCUT2D eigenvalue weighted by Crippen LogP contribution is 2.34. The first-order chi connectivity index (χ1) is 13.7. The Kier molecular flexibility index (Phi) is 5.20. The van der Waals surface area contributed by atoms with E-state index in [1.807, 2.05) is 11.0 Å². The van der Waals surface area contributed by atoms with Crippen LogP contribution in [0.25, 0.3) is 0 Å². The molecule has 2 heterocycles. The van der Waals surface area contributed by atoms with Crippen molar-refractivity contribution in [2.24, 2.45) is 0 Å². The zero-order valence-electron chi connectivity index (χ0n) is 15.3. The lowest BCUT2D eigenvalue weighted by Crippen LogP contribution is -2.49. The van der Waals surface area contributed by atoms with Crippen molar-refractivity contribution >= 4 is 27.4 Å². The van der Waals surface area contributed by atoms with Gasteiger partial charge in [-0.05, 0) is 49.1 Å². The summed E-state index contributed by atoms with van der Waals surface area (Å²) in [7, 11) is -4.15. The normalized spacial score (nSPS) is 18.1. The second-order valence-corrected chi connectivity index (χ2v) is 9.38. The molecule has 11 heteroatoms. The van der Waals surface area contributed by atoms with Crippen LogP contribution in [0.3, 0.4) is 0 Å². The van der Waals surface area contributed by atoms with Crippen molar-refractivity contribution < 1.29 is 21.6 Å². The van der Waals surface area contributed by atoms with Crippen LogP contribution in [0.5, 0.6) is 0 Å². The zero-order valence-corrected chi connectivity index (χ0v) is 16.9. The number of sulfonamides is 1. The average molecular weight is 447 g/mol. The number of hydrogen-bond acceptors (Lipinski definition) is 5. The molecule has 156 valence electrons. The van der Waals surface area contributed by atoms with Crippen molar-refractivity contribution in [3.63, 3.8) is 0 Å². The number of piperazine rings is 1. The highest BCUT2D eigenvalue weighted by molar-refractivity contribution is 7.89. The van der Waals surface area contributed by atoms with Crippen LogP contribution in [0.15, 0.2) is 29.2 Å². The number of aryl methyl sites for hydroxylation is 2. The van der Waals surface area contributed by atoms with Gasteiger partial charge in [-0.25, -0.2) is 8.42 Å². The molecule has 4 rings (SSSR count). The first-order valence-corrected chi connectivity index (χ1v) is 11.0.